The summed E-state index contributed by atoms with van der Waals surface area (Å²) in [4.78, 5) is 2.58. The molecule has 1 aliphatic carbocycles. The van der Waals surface area contributed by atoms with Crippen LogP contribution >= 0.6 is 0 Å². The van der Waals surface area contributed by atoms with Crippen molar-refractivity contribution in [2.75, 3.05) is 13.1 Å². The van der Waals surface area contributed by atoms with Gasteiger partial charge in [0.25, 0.3) is 0 Å². The Labute approximate surface area is 129 Å². The maximum absolute atomic E-state index is 4.24. The molecule has 1 aliphatic heterocycles. The van der Waals surface area contributed by atoms with Crippen molar-refractivity contribution in [1.29, 1.82) is 0 Å². The van der Waals surface area contributed by atoms with Gasteiger partial charge in [-0.05, 0) is 38.3 Å². The van der Waals surface area contributed by atoms with E-state index in [2.05, 4.69) is 31.4 Å². The summed E-state index contributed by atoms with van der Waals surface area (Å²) in [7, 11) is 0. The van der Waals surface area contributed by atoms with Crippen molar-refractivity contribution in [1.82, 2.24) is 4.90 Å². The molecule has 1 nitrogen and oxygen atoms in total. The summed E-state index contributed by atoms with van der Waals surface area (Å²) in [6, 6.07) is 0.575. The number of hydrogen-bond acceptors (Lipinski definition) is 1. The zero-order chi connectivity index (χ0) is 11.6. The van der Waals surface area contributed by atoms with Crippen molar-refractivity contribution < 1.29 is 29.6 Å². The summed E-state index contributed by atoms with van der Waals surface area (Å²) in [6.07, 6.45) is 10.1. The molecule has 1 unspecified atom stereocenters. The molecule has 0 aromatic rings. The van der Waals surface area contributed by atoms with E-state index >= 15 is 0 Å². The third kappa shape index (κ3) is 4.09. The largest absolute Gasteiger partial charge is 1.00 e. The Hall–Kier alpha value is 0.700. The average molecular weight is 242 g/mol. The van der Waals surface area contributed by atoms with Crippen molar-refractivity contribution in [3.05, 3.63) is 26.5 Å². The van der Waals surface area contributed by atoms with Crippen LogP contribution in [-0.4, -0.2) is 24.0 Å². The summed E-state index contributed by atoms with van der Waals surface area (Å²) in [6.45, 7) is 14.8. The molecule has 1 heterocycles. The van der Waals surface area contributed by atoms with E-state index in [1.165, 1.54) is 38.6 Å². The standard InChI is InChI=1S/C15H25N.Na/c1-4-14(13-8-5-6-9-13)16-11-7-10-15(2,3)12-16;/h4,13-14H,1-3,5-12H2;/q-2;+1. The van der Waals surface area contributed by atoms with Gasteiger partial charge in [-0.2, -0.15) is 0 Å². The molecule has 2 heteroatoms. The van der Waals surface area contributed by atoms with Gasteiger partial charge in [0, 0.05) is 6.04 Å². The van der Waals surface area contributed by atoms with Crippen LogP contribution in [0.4, 0.5) is 0 Å². The Kier molecular flexibility index (Phi) is 6.25. The normalized spacial score (nSPS) is 27.4. The van der Waals surface area contributed by atoms with Crippen LogP contribution in [0.15, 0.2) is 12.7 Å². The number of piperidine rings is 1. The first kappa shape index (κ1) is 15.8. The summed E-state index contributed by atoms with van der Waals surface area (Å²) in [5, 5.41) is 0. The monoisotopic (exact) mass is 242 g/mol. The van der Waals surface area contributed by atoms with Crippen molar-refractivity contribution >= 4 is 0 Å². The summed E-state index contributed by atoms with van der Waals surface area (Å²) in [5.41, 5.74) is 0.0120. The number of rotatable bonds is 3. The van der Waals surface area contributed by atoms with Crippen molar-refractivity contribution in [3.63, 3.8) is 0 Å². The van der Waals surface area contributed by atoms with Crippen LogP contribution in [0.2, 0.25) is 0 Å². The Morgan fingerprint density at radius 3 is 2.41 bits per heavy atom. The van der Waals surface area contributed by atoms with Crippen LogP contribution in [0.3, 0.4) is 0 Å². The number of hydrogen-bond donors (Lipinski definition) is 0. The Bertz CT molecular complexity index is 243. The Balaban J connectivity index is 0.00000144. The van der Waals surface area contributed by atoms with Gasteiger partial charge in [-0.15, -0.1) is 6.58 Å². The molecular weight excluding hydrogens is 217 g/mol. The molecule has 1 saturated heterocycles. The molecule has 2 rings (SSSR count). The van der Waals surface area contributed by atoms with E-state index in [0.717, 1.165) is 18.9 Å². The zero-order valence-electron chi connectivity index (χ0n) is 11.5. The van der Waals surface area contributed by atoms with Crippen LogP contribution in [0.1, 0.15) is 38.5 Å². The molecule has 0 radical (unpaired) electrons. The summed E-state index contributed by atoms with van der Waals surface area (Å²) < 4.78 is 0. The first-order valence-electron chi connectivity index (χ1n) is 6.70. The maximum atomic E-state index is 4.24. The van der Waals surface area contributed by atoms with E-state index in [9.17, 15) is 0 Å². The molecule has 0 amide bonds. The maximum Gasteiger partial charge on any atom is 1.00 e. The van der Waals surface area contributed by atoms with Gasteiger partial charge in [-0.3, -0.25) is 5.41 Å². The molecule has 1 atom stereocenters. The molecule has 0 bridgehead atoms. The van der Waals surface area contributed by atoms with Gasteiger partial charge >= 0.3 is 29.6 Å². The van der Waals surface area contributed by atoms with Gasteiger partial charge in [-0.25, -0.2) is 0 Å². The third-order valence-electron chi connectivity index (χ3n) is 4.24. The molecule has 92 valence electrons. The van der Waals surface area contributed by atoms with Gasteiger partial charge in [0.05, 0.1) is 0 Å². The van der Waals surface area contributed by atoms with E-state index in [4.69, 9.17) is 0 Å². The predicted octanol–water partition coefficient (Wildman–Crippen LogP) is 0.486. The molecule has 0 aromatic heterocycles. The second-order valence-corrected chi connectivity index (χ2v) is 5.84. The topological polar surface area (TPSA) is 3.24 Å². The van der Waals surface area contributed by atoms with Crippen LogP contribution < -0.4 is 29.6 Å². The van der Waals surface area contributed by atoms with Crippen molar-refractivity contribution in [3.8, 4) is 0 Å². The molecule has 1 saturated carbocycles. The van der Waals surface area contributed by atoms with Gasteiger partial charge in [0.15, 0.2) is 0 Å². The molecule has 2 fully saturated rings. The van der Waals surface area contributed by atoms with Crippen LogP contribution in [0, 0.1) is 25.2 Å². The van der Waals surface area contributed by atoms with Crippen molar-refractivity contribution in [2.45, 2.75) is 44.6 Å². The molecular formula is C15H25NNa-. The molecule has 0 spiro atoms. The van der Waals surface area contributed by atoms with Crippen LogP contribution in [0.5, 0.6) is 0 Å². The smallest absolute Gasteiger partial charge is 0.365 e. The molecule has 17 heavy (non-hydrogen) atoms. The average Bonchev–Trinajstić information content (AvgIpc) is 2.71. The zero-order valence-corrected chi connectivity index (χ0v) is 13.5. The fourth-order valence-corrected chi connectivity index (χ4v) is 3.44. The summed E-state index contributed by atoms with van der Waals surface area (Å²) >= 11 is 0. The van der Waals surface area contributed by atoms with Gasteiger partial charge in [0.2, 0.25) is 0 Å². The van der Waals surface area contributed by atoms with Gasteiger partial charge < -0.3 is 18.7 Å². The minimum Gasteiger partial charge on any atom is -0.365 e. The second kappa shape index (κ2) is 6.75. The minimum absolute atomic E-state index is 0. The Morgan fingerprint density at radius 1 is 1.24 bits per heavy atom. The quantitative estimate of drug-likeness (QED) is 0.395. The summed E-state index contributed by atoms with van der Waals surface area (Å²) in [5.74, 6) is 0.839. The van der Waals surface area contributed by atoms with Crippen molar-refractivity contribution in [2.24, 2.45) is 11.3 Å². The SMILES string of the molecule is C=CC(C1CCCC1)N1CCCC([CH2-])([CH2-])C1.[Na+]. The molecule has 0 aromatic carbocycles. The molecule has 2 aliphatic rings. The molecule has 0 N–H and O–H groups in total. The second-order valence-electron chi connectivity index (χ2n) is 5.84. The van der Waals surface area contributed by atoms with E-state index in [0.29, 0.717) is 6.04 Å². The first-order chi connectivity index (χ1) is 7.62. The van der Waals surface area contributed by atoms with Gasteiger partial charge in [-0.1, -0.05) is 25.3 Å². The Morgan fingerprint density at radius 2 is 1.88 bits per heavy atom. The van der Waals surface area contributed by atoms with E-state index < -0.39 is 0 Å². The predicted molar refractivity (Wildman–Crippen MR) is 69.9 cm³/mol. The first-order valence-corrected chi connectivity index (χ1v) is 6.70. The number of likely N-dealkylation sites (tertiary alicyclic amines) is 1. The van der Waals surface area contributed by atoms with Crippen LogP contribution in [-0.2, 0) is 0 Å². The fourth-order valence-electron chi connectivity index (χ4n) is 3.44. The minimum atomic E-state index is 0. The third-order valence-corrected chi connectivity index (χ3v) is 4.24. The number of nitrogens with zero attached hydrogens (tertiary/aromatic N) is 1. The van der Waals surface area contributed by atoms with E-state index in [-0.39, 0.29) is 35.0 Å². The van der Waals surface area contributed by atoms with E-state index in [1.54, 1.807) is 0 Å². The van der Waals surface area contributed by atoms with Crippen LogP contribution in [0.25, 0.3) is 0 Å². The fraction of sp³-hybridized carbons (Fsp3) is 0.733. The van der Waals surface area contributed by atoms with Gasteiger partial charge in [0.1, 0.15) is 0 Å². The van der Waals surface area contributed by atoms with E-state index in [1.807, 2.05) is 0 Å².